The number of hydrogen-bond acceptors (Lipinski definition) is 6. The molecule has 9 heteroatoms. The largest absolute Gasteiger partial charge is 0.481 e. The van der Waals surface area contributed by atoms with E-state index in [0.717, 1.165) is 11.3 Å². The second kappa shape index (κ2) is 5.33. The van der Waals surface area contributed by atoms with Crippen LogP contribution in [0.2, 0.25) is 0 Å². The molecule has 1 aromatic heterocycles. The van der Waals surface area contributed by atoms with Gasteiger partial charge >= 0.3 is 5.97 Å². The zero-order valence-electron chi connectivity index (χ0n) is 9.48. The van der Waals surface area contributed by atoms with E-state index in [1.54, 1.807) is 18.2 Å². The molecule has 1 heterocycles. The maximum absolute atomic E-state index is 11.9. The minimum atomic E-state index is -3.72. The van der Waals surface area contributed by atoms with Gasteiger partial charge in [-0.3, -0.25) is 9.52 Å². The number of sulfonamides is 1. The summed E-state index contributed by atoms with van der Waals surface area (Å²) in [5.74, 6) is -1.05. The van der Waals surface area contributed by atoms with Crippen molar-refractivity contribution in [1.29, 1.82) is 0 Å². The number of anilines is 1. The minimum absolute atomic E-state index is 0.0418. The van der Waals surface area contributed by atoms with E-state index in [-0.39, 0.29) is 21.5 Å². The number of benzene rings is 1. The summed E-state index contributed by atoms with van der Waals surface area (Å²) in [7, 11) is -3.72. The Balaban J connectivity index is 2.17. The molecule has 7 nitrogen and oxygen atoms in total. The normalized spacial score (nSPS) is 11.2. The van der Waals surface area contributed by atoms with Crippen molar-refractivity contribution in [2.45, 2.75) is 11.3 Å². The molecule has 0 radical (unpaired) electrons. The fraction of sp³-hybridized carbons (Fsp3) is 0.100. The molecule has 2 N–H and O–H groups in total. The van der Waals surface area contributed by atoms with Crippen LogP contribution in [0.15, 0.2) is 35.2 Å². The van der Waals surface area contributed by atoms with E-state index in [1.165, 1.54) is 12.1 Å². The Labute approximate surface area is 113 Å². The molecule has 100 valence electrons. The van der Waals surface area contributed by atoms with E-state index in [4.69, 9.17) is 5.11 Å². The Bertz CT molecular complexity index is 682. The Kier molecular flexibility index (Phi) is 3.76. The second-order valence-corrected chi connectivity index (χ2v) is 6.23. The smallest absolute Gasteiger partial charge is 0.310 e. The summed E-state index contributed by atoms with van der Waals surface area (Å²) < 4.78 is 26.1. The molecule has 0 amide bonds. The first-order valence-electron chi connectivity index (χ1n) is 5.09. The number of nitrogens with zero attached hydrogens (tertiary/aromatic N) is 2. The van der Waals surface area contributed by atoms with Crippen molar-refractivity contribution in [2.75, 3.05) is 4.72 Å². The highest BCUT2D eigenvalue weighted by Gasteiger charge is 2.16. The summed E-state index contributed by atoms with van der Waals surface area (Å²) in [6, 6.07) is 7.80. The van der Waals surface area contributed by atoms with Gasteiger partial charge < -0.3 is 5.11 Å². The highest BCUT2D eigenvalue weighted by molar-refractivity contribution is 7.93. The zero-order valence-corrected chi connectivity index (χ0v) is 11.1. The summed E-state index contributed by atoms with van der Waals surface area (Å²) in [4.78, 5) is 10.6. The van der Waals surface area contributed by atoms with Gasteiger partial charge in [0.2, 0.25) is 5.13 Å². The lowest BCUT2D eigenvalue weighted by atomic mass is 10.4. The number of nitrogens with one attached hydrogen (secondary N) is 1. The average molecular weight is 299 g/mol. The van der Waals surface area contributed by atoms with E-state index < -0.39 is 16.0 Å². The number of aliphatic carboxylic acids is 1. The molecular formula is C10H9N3O4S2. The molecular weight excluding hydrogens is 290 g/mol. The predicted octanol–water partition coefficient (Wildman–Crippen LogP) is 0.966. The number of carboxylic acids is 1. The standard InChI is InChI=1S/C10H9N3O4S2/c14-9(15)6-8-11-12-10(18-8)13-19(16,17)7-4-2-1-3-5-7/h1-5H,6H2,(H,12,13)(H,14,15). The van der Waals surface area contributed by atoms with Crippen LogP contribution in [0.4, 0.5) is 5.13 Å². The van der Waals surface area contributed by atoms with Gasteiger partial charge in [0, 0.05) is 0 Å². The van der Waals surface area contributed by atoms with Crippen LogP contribution in [0.5, 0.6) is 0 Å². The van der Waals surface area contributed by atoms with Crippen molar-refractivity contribution in [3.63, 3.8) is 0 Å². The Morgan fingerprint density at radius 2 is 1.95 bits per heavy atom. The van der Waals surface area contributed by atoms with Gasteiger partial charge in [-0.25, -0.2) is 8.42 Å². The SMILES string of the molecule is O=C(O)Cc1nnc(NS(=O)(=O)c2ccccc2)s1. The zero-order chi connectivity index (χ0) is 13.9. The number of aromatic nitrogens is 2. The molecule has 0 bridgehead atoms. The van der Waals surface area contributed by atoms with Gasteiger partial charge in [-0.05, 0) is 12.1 Å². The van der Waals surface area contributed by atoms with Crippen LogP contribution in [-0.2, 0) is 21.2 Å². The van der Waals surface area contributed by atoms with Crippen LogP contribution >= 0.6 is 11.3 Å². The van der Waals surface area contributed by atoms with E-state index >= 15 is 0 Å². The van der Waals surface area contributed by atoms with E-state index in [2.05, 4.69) is 14.9 Å². The van der Waals surface area contributed by atoms with Gasteiger partial charge in [-0.1, -0.05) is 29.5 Å². The first-order chi connectivity index (χ1) is 8.97. The fourth-order valence-electron chi connectivity index (χ4n) is 1.27. The summed E-state index contributed by atoms with van der Waals surface area (Å²) in [6.07, 6.45) is -0.287. The van der Waals surface area contributed by atoms with E-state index in [9.17, 15) is 13.2 Å². The Morgan fingerprint density at radius 3 is 2.58 bits per heavy atom. The van der Waals surface area contributed by atoms with Crippen LogP contribution in [0.25, 0.3) is 0 Å². The third-order valence-corrected chi connectivity index (χ3v) is 4.37. The van der Waals surface area contributed by atoms with Crippen LogP contribution in [0, 0.1) is 0 Å². The van der Waals surface area contributed by atoms with Crippen LogP contribution in [-0.4, -0.2) is 29.7 Å². The van der Waals surface area contributed by atoms with Gasteiger partial charge in [-0.2, -0.15) is 0 Å². The molecule has 19 heavy (non-hydrogen) atoms. The molecule has 0 fully saturated rings. The fourth-order valence-corrected chi connectivity index (χ4v) is 3.25. The molecule has 0 spiro atoms. The van der Waals surface area contributed by atoms with Crippen molar-refractivity contribution in [1.82, 2.24) is 10.2 Å². The van der Waals surface area contributed by atoms with E-state index in [0.29, 0.717) is 0 Å². The van der Waals surface area contributed by atoms with Crippen molar-refractivity contribution in [3.05, 3.63) is 35.3 Å². The molecule has 0 aliphatic carbocycles. The monoisotopic (exact) mass is 299 g/mol. The van der Waals surface area contributed by atoms with Crippen molar-refractivity contribution in [2.24, 2.45) is 0 Å². The minimum Gasteiger partial charge on any atom is -0.481 e. The van der Waals surface area contributed by atoms with Gasteiger partial charge in [0.1, 0.15) is 5.01 Å². The third-order valence-electron chi connectivity index (χ3n) is 2.04. The molecule has 1 aromatic carbocycles. The third kappa shape index (κ3) is 3.48. The molecule has 0 unspecified atom stereocenters. The summed E-state index contributed by atoms with van der Waals surface area (Å²) in [5, 5.41) is 16.1. The lowest BCUT2D eigenvalue weighted by Crippen LogP contribution is -2.12. The van der Waals surface area contributed by atoms with Gasteiger partial charge in [0.05, 0.1) is 11.3 Å². The average Bonchev–Trinajstić information content (AvgIpc) is 2.76. The predicted molar refractivity (Wildman–Crippen MR) is 68.5 cm³/mol. The van der Waals surface area contributed by atoms with Crippen molar-refractivity contribution in [3.8, 4) is 0 Å². The van der Waals surface area contributed by atoms with Crippen molar-refractivity contribution >= 4 is 32.5 Å². The molecule has 0 aliphatic rings. The molecule has 2 aromatic rings. The van der Waals surface area contributed by atoms with Gasteiger partial charge in [-0.15, -0.1) is 10.2 Å². The summed E-state index contributed by atoms with van der Waals surface area (Å²) >= 11 is 0.889. The van der Waals surface area contributed by atoms with Crippen LogP contribution in [0.3, 0.4) is 0 Å². The molecule has 0 atom stereocenters. The van der Waals surface area contributed by atoms with Crippen molar-refractivity contribution < 1.29 is 18.3 Å². The first-order valence-corrected chi connectivity index (χ1v) is 7.39. The van der Waals surface area contributed by atoms with Gasteiger partial charge in [0.25, 0.3) is 10.0 Å². The molecule has 0 aliphatic heterocycles. The molecule has 2 rings (SSSR count). The first kappa shape index (κ1) is 13.4. The molecule has 0 saturated carbocycles. The maximum atomic E-state index is 11.9. The number of rotatable bonds is 5. The number of carbonyl (C=O) groups is 1. The number of carboxylic acid groups (broad SMARTS) is 1. The highest BCUT2D eigenvalue weighted by atomic mass is 32.2. The lowest BCUT2D eigenvalue weighted by Gasteiger charge is -2.03. The highest BCUT2D eigenvalue weighted by Crippen LogP contribution is 2.20. The molecule has 0 saturated heterocycles. The number of hydrogen-bond donors (Lipinski definition) is 2. The Morgan fingerprint density at radius 1 is 1.26 bits per heavy atom. The lowest BCUT2D eigenvalue weighted by molar-refractivity contribution is -0.136. The second-order valence-electron chi connectivity index (χ2n) is 3.49. The Hall–Kier alpha value is -2.00. The van der Waals surface area contributed by atoms with Gasteiger partial charge in [0.15, 0.2) is 0 Å². The van der Waals surface area contributed by atoms with Crippen LogP contribution in [0.1, 0.15) is 5.01 Å². The van der Waals surface area contributed by atoms with Crippen LogP contribution < -0.4 is 4.72 Å². The van der Waals surface area contributed by atoms with E-state index in [1.807, 2.05) is 0 Å². The maximum Gasteiger partial charge on any atom is 0.310 e. The summed E-state index contributed by atoms with van der Waals surface area (Å²) in [6.45, 7) is 0. The summed E-state index contributed by atoms with van der Waals surface area (Å²) in [5.41, 5.74) is 0. The quantitative estimate of drug-likeness (QED) is 0.851. The topological polar surface area (TPSA) is 109 Å².